The summed E-state index contributed by atoms with van der Waals surface area (Å²) in [6, 6.07) is 10.2. The van der Waals surface area contributed by atoms with Crippen LogP contribution in [0.2, 0.25) is 4.34 Å². The Morgan fingerprint density at radius 1 is 1.19 bits per heavy atom. The third-order valence-corrected chi connectivity index (χ3v) is 5.53. The van der Waals surface area contributed by atoms with Gasteiger partial charge in [0.15, 0.2) is 11.5 Å². The third kappa shape index (κ3) is 7.31. The lowest BCUT2D eigenvalue weighted by atomic mass is 10.2. The van der Waals surface area contributed by atoms with Crippen molar-refractivity contribution in [3.63, 3.8) is 0 Å². The molecule has 7 heteroatoms. The van der Waals surface area contributed by atoms with Gasteiger partial charge in [0.05, 0.1) is 11.4 Å². The summed E-state index contributed by atoms with van der Waals surface area (Å²) in [4.78, 5) is 3.28. The molecule has 2 N–H and O–H groups in total. The number of methoxy groups -OCH3 is 1. The summed E-state index contributed by atoms with van der Waals surface area (Å²) in [5, 5.41) is 13.6. The first-order valence-corrected chi connectivity index (χ1v) is 10.2. The highest BCUT2D eigenvalue weighted by Crippen LogP contribution is 2.28. The highest BCUT2D eigenvalue weighted by molar-refractivity contribution is 7.16. The van der Waals surface area contributed by atoms with E-state index in [4.69, 9.17) is 21.1 Å². The maximum atomic E-state index is 10.2. The topological polar surface area (TPSA) is 54.0 Å². The van der Waals surface area contributed by atoms with Gasteiger partial charge in [0.25, 0.3) is 0 Å². The zero-order chi connectivity index (χ0) is 19.8. The van der Waals surface area contributed by atoms with E-state index >= 15 is 0 Å². The molecule has 0 aliphatic heterocycles. The highest BCUT2D eigenvalue weighted by Gasteiger charge is 2.13. The number of rotatable bonds is 11. The van der Waals surface area contributed by atoms with Crippen LogP contribution in [0.3, 0.4) is 0 Å². The first-order valence-electron chi connectivity index (χ1n) is 9.02. The predicted molar refractivity (Wildman–Crippen MR) is 112 cm³/mol. The Bertz CT molecular complexity index is 708. The Balaban J connectivity index is 1.89. The van der Waals surface area contributed by atoms with Gasteiger partial charge in [-0.25, -0.2) is 0 Å². The van der Waals surface area contributed by atoms with Crippen molar-refractivity contribution in [3.05, 3.63) is 45.1 Å². The average Bonchev–Trinajstić information content (AvgIpc) is 3.05. The van der Waals surface area contributed by atoms with Crippen LogP contribution in [0.1, 0.15) is 24.3 Å². The number of benzene rings is 1. The molecule has 2 aromatic rings. The van der Waals surface area contributed by atoms with Crippen LogP contribution in [0.5, 0.6) is 11.5 Å². The van der Waals surface area contributed by atoms with Gasteiger partial charge in [-0.2, -0.15) is 0 Å². The fourth-order valence-electron chi connectivity index (χ4n) is 2.50. The molecular formula is C20H29ClN2O3S. The van der Waals surface area contributed by atoms with Gasteiger partial charge in [0, 0.05) is 30.6 Å². The van der Waals surface area contributed by atoms with Gasteiger partial charge in [-0.3, -0.25) is 0 Å². The Kier molecular flexibility index (Phi) is 8.86. The van der Waals surface area contributed by atoms with E-state index in [2.05, 4.69) is 24.1 Å². The van der Waals surface area contributed by atoms with E-state index in [0.717, 1.165) is 16.4 Å². The number of aliphatic hydroxyl groups excluding tert-OH is 1. The smallest absolute Gasteiger partial charge is 0.161 e. The highest BCUT2D eigenvalue weighted by atomic mass is 35.5. The molecule has 0 radical (unpaired) electrons. The van der Waals surface area contributed by atoms with E-state index in [1.165, 1.54) is 4.88 Å². The fraction of sp³-hybridized carbons (Fsp3) is 0.500. The van der Waals surface area contributed by atoms with Crippen LogP contribution in [-0.2, 0) is 13.1 Å². The Morgan fingerprint density at radius 2 is 1.96 bits per heavy atom. The summed E-state index contributed by atoms with van der Waals surface area (Å²) in [5.74, 6) is 1.30. The van der Waals surface area contributed by atoms with E-state index < -0.39 is 6.10 Å². The molecule has 1 aromatic heterocycles. The number of hydrogen-bond donors (Lipinski definition) is 2. The summed E-state index contributed by atoms with van der Waals surface area (Å²) in [6.07, 6.45) is -0.563. The number of hydrogen-bond acceptors (Lipinski definition) is 6. The lowest BCUT2D eigenvalue weighted by Crippen LogP contribution is -2.37. The molecule has 1 aromatic carbocycles. The minimum Gasteiger partial charge on any atom is -0.493 e. The van der Waals surface area contributed by atoms with Gasteiger partial charge >= 0.3 is 0 Å². The number of likely N-dealkylation sites (N-methyl/N-ethyl adjacent to an activating group) is 1. The van der Waals surface area contributed by atoms with Crippen LogP contribution >= 0.6 is 22.9 Å². The molecule has 1 unspecified atom stereocenters. The molecule has 27 heavy (non-hydrogen) atoms. The maximum Gasteiger partial charge on any atom is 0.161 e. The van der Waals surface area contributed by atoms with Crippen LogP contribution in [0.15, 0.2) is 30.3 Å². The molecule has 0 bridgehead atoms. The average molecular weight is 413 g/mol. The van der Waals surface area contributed by atoms with Crippen molar-refractivity contribution in [1.82, 2.24) is 10.2 Å². The molecule has 0 aliphatic rings. The monoisotopic (exact) mass is 412 g/mol. The summed E-state index contributed by atoms with van der Waals surface area (Å²) in [7, 11) is 3.60. The largest absolute Gasteiger partial charge is 0.493 e. The number of nitrogens with zero attached hydrogens (tertiary/aromatic N) is 1. The standard InChI is InChI=1S/C20H29ClN2O3S/c1-14(2)23(3)12-16(24)13-26-19-9-15(5-7-18(19)25-4)10-22-11-17-6-8-20(21)27-17/h5-9,14,16,22,24H,10-13H2,1-4H3. The van der Waals surface area contributed by atoms with Crippen molar-refractivity contribution in [2.24, 2.45) is 0 Å². The molecule has 1 heterocycles. The minimum absolute atomic E-state index is 0.220. The summed E-state index contributed by atoms with van der Waals surface area (Å²) in [5.41, 5.74) is 1.09. The molecule has 0 amide bonds. The molecule has 0 saturated carbocycles. The van der Waals surface area contributed by atoms with Gasteiger partial charge in [0.2, 0.25) is 0 Å². The zero-order valence-corrected chi connectivity index (χ0v) is 17.9. The fourth-order valence-corrected chi connectivity index (χ4v) is 3.56. The number of aliphatic hydroxyl groups is 1. The van der Waals surface area contributed by atoms with Crippen molar-refractivity contribution >= 4 is 22.9 Å². The van der Waals surface area contributed by atoms with Crippen LogP contribution in [0.25, 0.3) is 0 Å². The summed E-state index contributed by atoms with van der Waals surface area (Å²) in [6.45, 7) is 6.44. The van der Waals surface area contributed by atoms with Gasteiger partial charge in [0.1, 0.15) is 12.7 Å². The van der Waals surface area contributed by atoms with Crippen LogP contribution in [-0.4, -0.2) is 49.5 Å². The molecule has 5 nitrogen and oxygen atoms in total. The van der Waals surface area contributed by atoms with Crippen LogP contribution in [0.4, 0.5) is 0 Å². The van der Waals surface area contributed by atoms with Crippen LogP contribution in [0, 0.1) is 0 Å². The quantitative estimate of drug-likeness (QED) is 0.588. The maximum absolute atomic E-state index is 10.2. The third-order valence-electron chi connectivity index (χ3n) is 4.30. The molecule has 2 rings (SSSR count). The predicted octanol–water partition coefficient (Wildman–Crippen LogP) is 3.78. The normalized spacial score (nSPS) is 12.6. The Morgan fingerprint density at radius 3 is 2.59 bits per heavy atom. The first kappa shape index (κ1) is 22.0. The SMILES string of the molecule is COc1ccc(CNCc2ccc(Cl)s2)cc1OCC(O)CN(C)C(C)C. The van der Waals surface area contributed by atoms with E-state index in [0.29, 0.717) is 30.6 Å². The molecule has 0 spiro atoms. The second-order valence-electron chi connectivity index (χ2n) is 6.79. The Labute approximate surface area is 170 Å². The second-order valence-corrected chi connectivity index (χ2v) is 8.59. The van der Waals surface area contributed by atoms with Crippen molar-refractivity contribution in [1.29, 1.82) is 0 Å². The first-order chi connectivity index (χ1) is 12.9. The lowest BCUT2D eigenvalue weighted by molar-refractivity contribution is 0.0668. The Hall–Kier alpha value is -1.31. The van der Waals surface area contributed by atoms with Gasteiger partial charge < -0.3 is 24.8 Å². The molecule has 0 saturated heterocycles. The molecular weight excluding hydrogens is 384 g/mol. The lowest BCUT2D eigenvalue weighted by Gasteiger charge is -2.24. The number of nitrogens with one attached hydrogen (secondary N) is 1. The van der Waals surface area contributed by atoms with Gasteiger partial charge in [-0.1, -0.05) is 17.7 Å². The molecule has 0 fully saturated rings. The van der Waals surface area contributed by atoms with Crippen LogP contribution < -0.4 is 14.8 Å². The molecule has 0 aliphatic carbocycles. The number of ether oxygens (including phenoxy) is 2. The van der Waals surface area contributed by atoms with Crippen molar-refractivity contribution in [2.75, 3.05) is 27.3 Å². The number of thiophene rings is 1. The second kappa shape index (κ2) is 10.9. The van der Waals surface area contributed by atoms with Crippen molar-refractivity contribution in [2.45, 2.75) is 39.1 Å². The van der Waals surface area contributed by atoms with Crippen molar-refractivity contribution < 1.29 is 14.6 Å². The van der Waals surface area contributed by atoms with Gasteiger partial charge in [-0.15, -0.1) is 11.3 Å². The van der Waals surface area contributed by atoms with Crippen molar-refractivity contribution in [3.8, 4) is 11.5 Å². The van der Waals surface area contributed by atoms with Gasteiger partial charge in [-0.05, 0) is 50.7 Å². The molecule has 150 valence electrons. The minimum atomic E-state index is -0.563. The van der Waals surface area contributed by atoms with E-state index in [9.17, 15) is 5.11 Å². The van der Waals surface area contributed by atoms with E-state index in [1.807, 2.05) is 37.4 Å². The van der Waals surface area contributed by atoms with E-state index in [1.54, 1.807) is 18.4 Å². The summed E-state index contributed by atoms with van der Waals surface area (Å²) < 4.78 is 12.0. The molecule has 1 atom stereocenters. The zero-order valence-electron chi connectivity index (χ0n) is 16.4. The van der Waals surface area contributed by atoms with E-state index in [-0.39, 0.29) is 6.61 Å². The number of halogens is 1. The summed E-state index contributed by atoms with van der Waals surface area (Å²) >= 11 is 7.53.